The van der Waals surface area contributed by atoms with Crippen LogP contribution in [-0.2, 0) is 4.74 Å². The van der Waals surface area contributed by atoms with Gasteiger partial charge in [-0.2, -0.15) is 0 Å². The first-order chi connectivity index (χ1) is 6.38. The van der Waals surface area contributed by atoms with E-state index in [9.17, 15) is 4.79 Å². The van der Waals surface area contributed by atoms with E-state index >= 15 is 0 Å². The molecule has 0 aromatic carbocycles. The van der Waals surface area contributed by atoms with E-state index in [0.717, 1.165) is 6.42 Å². The summed E-state index contributed by atoms with van der Waals surface area (Å²) in [5.74, 6) is 0.530. The molecule has 1 heterocycles. The SMILES string of the molecule is CC(C)(C)OC(=O)N1CC(N)C2CC21. The molecule has 2 rings (SSSR count). The zero-order valence-corrected chi connectivity index (χ0v) is 8.99. The molecule has 1 aliphatic carbocycles. The molecule has 0 spiro atoms. The number of carbonyl (C=O) groups is 1. The summed E-state index contributed by atoms with van der Waals surface area (Å²) >= 11 is 0. The average Bonchev–Trinajstić information content (AvgIpc) is 2.69. The minimum absolute atomic E-state index is 0.160. The van der Waals surface area contributed by atoms with Gasteiger partial charge in [-0.3, -0.25) is 0 Å². The summed E-state index contributed by atoms with van der Waals surface area (Å²) in [6.45, 7) is 6.30. The van der Waals surface area contributed by atoms with Crippen molar-refractivity contribution in [2.45, 2.75) is 44.9 Å². The van der Waals surface area contributed by atoms with E-state index in [4.69, 9.17) is 10.5 Å². The molecule has 1 amide bonds. The Kier molecular flexibility index (Phi) is 2.00. The zero-order valence-electron chi connectivity index (χ0n) is 8.99. The highest BCUT2D eigenvalue weighted by molar-refractivity contribution is 5.70. The summed E-state index contributed by atoms with van der Waals surface area (Å²) in [5.41, 5.74) is 5.45. The molecule has 3 unspecified atom stereocenters. The molecule has 0 radical (unpaired) electrons. The molecule has 0 bridgehead atoms. The number of ether oxygens (including phenoxy) is 1. The van der Waals surface area contributed by atoms with E-state index in [0.29, 0.717) is 18.5 Å². The number of hydrogen-bond donors (Lipinski definition) is 1. The van der Waals surface area contributed by atoms with Crippen molar-refractivity contribution in [3.05, 3.63) is 0 Å². The Morgan fingerprint density at radius 3 is 2.50 bits per heavy atom. The van der Waals surface area contributed by atoms with Crippen LogP contribution in [0.5, 0.6) is 0 Å². The highest BCUT2D eigenvalue weighted by Crippen LogP contribution is 2.44. The Morgan fingerprint density at radius 1 is 1.50 bits per heavy atom. The van der Waals surface area contributed by atoms with Crippen molar-refractivity contribution >= 4 is 6.09 Å². The third-order valence-corrected chi connectivity index (χ3v) is 2.79. The molecular formula is C10H18N2O2. The molecule has 1 aliphatic heterocycles. The first-order valence-electron chi connectivity index (χ1n) is 5.14. The van der Waals surface area contributed by atoms with Gasteiger partial charge in [0.1, 0.15) is 5.60 Å². The molecule has 2 N–H and O–H groups in total. The maximum Gasteiger partial charge on any atom is 0.410 e. The van der Waals surface area contributed by atoms with Crippen molar-refractivity contribution in [2.75, 3.05) is 6.54 Å². The monoisotopic (exact) mass is 198 g/mol. The lowest BCUT2D eigenvalue weighted by Crippen LogP contribution is -2.39. The predicted octanol–water partition coefficient (Wildman–Crippen LogP) is 0.953. The molecule has 80 valence electrons. The highest BCUT2D eigenvalue weighted by Gasteiger charge is 2.54. The van der Waals surface area contributed by atoms with Crippen LogP contribution in [0.4, 0.5) is 4.79 Å². The largest absolute Gasteiger partial charge is 0.444 e. The Balaban J connectivity index is 1.93. The number of piperidine rings is 1. The molecule has 4 nitrogen and oxygen atoms in total. The zero-order chi connectivity index (χ0) is 10.5. The second kappa shape index (κ2) is 2.86. The summed E-state index contributed by atoms with van der Waals surface area (Å²) in [6.07, 6.45) is 0.846. The van der Waals surface area contributed by atoms with Crippen molar-refractivity contribution in [3.8, 4) is 0 Å². The Morgan fingerprint density at radius 2 is 2.14 bits per heavy atom. The van der Waals surface area contributed by atoms with Crippen LogP contribution in [0.15, 0.2) is 0 Å². The average molecular weight is 198 g/mol. The van der Waals surface area contributed by atoms with E-state index < -0.39 is 5.60 Å². The number of carbonyl (C=O) groups excluding carboxylic acids is 1. The van der Waals surface area contributed by atoms with Crippen LogP contribution in [0.2, 0.25) is 0 Å². The van der Waals surface area contributed by atoms with Gasteiger partial charge in [0, 0.05) is 18.6 Å². The van der Waals surface area contributed by atoms with Gasteiger partial charge < -0.3 is 15.4 Å². The number of nitrogens with two attached hydrogens (primary N) is 1. The van der Waals surface area contributed by atoms with Gasteiger partial charge in [0.05, 0.1) is 0 Å². The standard InChI is InChI=1S/C10H18N2O2/c1-10(2,3)14-9(13)12-5-7(11)6-4-8(6)12/h6-8H,4-5,11H2,1-3H3. The number of rotatable bonds is 0. The quantitative estimate of drug-likeness (QED) is 0.630. The maximum atomic E-state index is 11.7. The maximum absolute atomic E-state index is 11.7. The van der Waals surface area contributed by atoms with Crippen LogP contribution in [0.3, 0.4) is 0 Å². The Hall–Kier alpha value is -0.770. The topological polar surface area (TPSA) is 55.6 Å². The van der Waals surface area contributed by atoms with Crippen LogP contribution in [-0.4, -0.2) is 35.2 Å². The third-order valence-electron chi connectivity index (χ3n) is 2.79. The van der Waals surface area contributed by atoms with Crippen molar-refractivity contribution in [2.24, 2.45) is 11.7 Å². The minimum atomic E-state index is -0.409. The lowest BCUT2D eigenvalue weighted by Gasteiger charge is -2.25. The van der Waals surface area contributed by atoms with Crippen molar-refractivity contribution in [1.29, 1.82) is 0 Å². The summed E-state index contributed by atoms with van der Waals surface area (Å²) < 4.78 is 5.30. The summed E-state index contributed by atoms with van der Waals surface area (Å²) in [5, 5.41) is 0. The second-order valence-electron chi connectivity index (χ2n) is 5.26. The Bertz CT molecular complexity index is 259. The van der Waals surface area contributed by atoms with Crippen LogP contribution in [0.1, 0.15) is 27.2 Å². The fourth-order valence-corrected chi connectivity index (χ4v) is 2.05. The van der Waals surface area contributed by atoms with Gasteiger partial charge in [0.2, 0.25) is 0 Å². The smallest absolute Gasteiger partial charge is 0.410 e. The molecule has 14 heavy (non-hydrogen) atoms. The first-order valence-corrected chi connectivity index (χ1v) is 5.14. The van der Waals surface area contributed by atoms with Crippen LogP contribution in [0.25, 0.3) is 0 Å². The lowest BCUT2D eigenvalue weighted by molar-refractivity contribution is 0.0260. The normalized spacial score (nSPS) is 35.4. The number of nitrogens with zero attached hydrogens (tertiary/aromatic N) is 1. The van der Waals surface area contributed by atoms with Crippen LogP contribution >= 0.6 is 0 Å². The van der Waals surface area contributed by atoms with E-state index in [1.807, 2.05) is 20.8 Å². The molecule has 0 aromatic heterocycles. The minimum Gasteiger partial charge on any atom is -0.444 e. The van der Waals surface area contributed by atoms with E-state index in [1.165, 1.54) is 0 Å². The van der Waals surface area contributed by atoms with Gasteiger partial charge in [-0.1, -0.05) is 0 Å². The first kappa shape index (κ1) is 9.77. The van der Waals surface area contributed by atoms with E-state index in [1.54, 1.807) is 4.90 Å². The number of fused-ring (bicyclic) bond motifs is 1. The molecule has 4 heteroatoms. The summed E-state index contributed by atoms with van der Waals surface area (Å²) in [6, 6.07) is 0.521. The van der Waals surface area contributed by atoms with Crippen molar-refractivity contribution < 1.29 is 9.53 Å². The fraction of sp³-hybridized carbons (Fsp3) is 0.900. The van der Waals surface area contributed by atoms with Gasteiger partial charge in [-0.15, -0.1) is 0 Å². The van der Waals surface area contributed by atoms with Crippen molar-refractivity contribution in [3.63, 3.8) is 0 Å². The van der Waals surface area contributed by atoms with E-state index in [2.05, 4.69) is 0 Å². The van der Waals surface area contributed by atoms with Gasteiger partial charge in [-0.25, -0.2) is 4.79 Å². The van der Waals surface area contributed by atoms with Gasteiger partial charge in [-0.05, 0) is 33.1 Å². The molecule has 2 fully saturated rings. The highest BCUT2D eigenvalue weighted by atomic mass is 16.6. The molecular weight excluding hydrogens is 180 g/mol. The molecule has 3 atom stereocenters. The van der Waals surface area contributed by atoms with Crippen LogP contribution < -0.4 is 5.73 Å². The summed E-state index contributed by atoms with van der Waals surface area (Å²) in [4.78, 5) is 13.5. The molecule has 1 saturated heterocycles. The fourth-order valence-electron chi connectivity index (χ4n) is 2.05. The van der Waals surface area contributed by atoms with Gasteiger partial charge in [0.25, 0.3) is 0 Å². The predicted molar refractivity (Wildman–Crippen MR) is 52.8 cm³/mol. The third kappa shape index (κ3) is 1.71. The number of hydrogen-bond acceptors (Lipinski definition) is 3. The van der Waals surface area contributed by atoms with Crippen molar-refractivity contribution in [1.82, 2.24) is 4.90 Å². The second-order valence-corrected chi connectivity index (χ2v) is 5.26. The number of amides is 1. The molecule has 2 aliphatic rings. The molecule has 0 aromatic rings. The van der Waals surface area contributed by atoms with E-state index in [-0.39, 0.29) is 12.1 Å². The Labute approximate surface area is 84.4 Å². The van der Waals surface area contributed by atoms with Gasteiger partial charge >= 0.3 is 6.09 Å². The number of likely N-dealkylation sites (tertiary alicyclic amines) is 1. The van der Waals surface area contributed by atoms with Gasteiger partial charge in [0.15, 0.2) is 0 Å². The lowest BCUT2D eigenvalue weighted by atomic mass is 10.2. The summed E-state index contributed by atoms with van der Waals surface area (Å²) in [7, 11) is 0. The molecule has 1 saturated carbocycles. The van der Waals surface area contributed by atoms with Crippen LogP contribution in [0, 0.1) is 5.92 Å².